The Morgan fingerprint density at radius 2 is 1.96 bits per heavy atom. The highest BCUT2D eigenvalue weighted by Gasteiger charge is 2.49. The number of rotatable bonds is 5. The first-order valence-electron chi connectivity index (χ1n) is 6.64. The molecule has 0 saturated carbocycles. The number of carbonyl (C=O) groups is 3. The SMILES string of the molecule is CCOC(=O)[C@H]1O[C@@H](n2cnc(C(N)=O)c2C(N)=O)[C@H](O)[C@@H]1O. The molecule has 0 radical (unpaired) electrons. The standard InChI is InChI=1S/C12H16N4O7/c1-2-22-12(21)8-6(17)7(18)11(23-8)16-3-15-4(9(13)19)5(16)10(14)20/h3,6-8,11,17-18H,2H2,1H3,(H2,13,19)(H2,14,20)/t6-,7+,8-,11+/m0/s1. The maximum atomic E-state index is 11.7. The molecule has 2 rings (SSSR count). The predicted octanol–water partition coefficient (Wildman–Crippen LogP) is -2.74. The van der Waals surface area contributed by atoms with E-state index in [4.69, 9.17) is 20.9 Å². The molecule has 1 fully saturated rings. The largest absolute Gasteiger partial charge is 0.464 e. The Hall–Kier alpha value is -2.50. The molecule has 0 unspecified atom stereocenters. The summed E-state index contributed by atoms with van der Waals surface area (Å²) >= 11 is 0. The Morgan fingerprint density at radius 1 is 1.30 bits per heavy atom. The lowest BCUT2D eigenvalue weighted by atomic mass is 10.1. The number of ether oxygens (including phenoxy) is 2. The van der Waals surface area contributed by atoms with Crippen molar-refractivity contribution in [1.82, 2.24) is 9.55 Å². The minimum Gasteiger partial charge on any atom is -0.464 e. The third kappa shape index (κ3) is 2.88. The summed E-state index contributed by atoms with van der Waals surface area (Å²) in [5, 5.41) is 20.0. The van der Waals surface area contributed by atoms with E-state index in [1.54, 1.807) is 6.92 Å². The first kappa shape index (κ1) is 16.9. The molecule has 2 heterocycles. The van der Waals surface area contributed by atoms with E-state index in [0.29, 0.717) is 0 Å². The summed E-state index contributed by atoms with van der Waals surface area (Å²) in [5.74, 6) is -2.92. The Labute approximate surface area is 129 Å². The second-order valence-electron chi connectivity index (χ2n) is 4.76. The van der Waals surface area contributed by atoms with Crippen LogP contribution >= 0.6 is 0 Å². The second-order valence-corrected chi connectivity index (χ2v) is 4.76. The van der Waals surface area contributed by atoms with Gasteiger partial charge < -0.3 is 31.2 Å². The lowest BCUT2D eigenvalue weighted by Gasteiger charge is -2.17. The van der Waals surface area contributed by atoms with Crippen LogP contribution in [0.15, 0.2) is 6.33 Å². The van der Waals surface area contributed by atoms with Gasteiger partial charge in [-0.1, -0.05) is 0 Å². The molecule has 11 heteroatoms. The molecule has 2 amide bonds. The zero-order chi connectivity index (χ0) is 17.3. The average molecular weight is 328 g/mol. The number of hydrogen-bond acceptors (Lipinski definition) is 8. The molecule has 1 aromatic heterocycles. The monoisotopic (exact) mass is 328 g/mol. The molecule has 0 aliphatic carbocycles. The van der Waals surface area contributed by atoms with Crippen LogP contribution in [0, 0.1) is 0 Å². The van der Waals surface area contributed by atoms with Gasteiger partial charge in [-0.05, 0) is 6.92 Å². The normalized spacial score (nSPS) is 26.9. The molecule has 11 nitrogen and oxygen atoms in total. The fourth-order valence-electron chi connectivity index (χ4n) is 2.29. The highest BCUT2D eigenvalue weighted by molar-refractivity contribution is 6.03. The van der Waals surface area contributed by atoms with Gasteiger partial charge in [0.2, 0.25) is 0 Å². The average Bonchev–Trinajstić information content (AvgIpc) is 3.02. The molecule has 1 aliphatic heterocycles. The van der Waals surface area contributed by atoms with Crippen LogP contribution in [0.4, 0.5) is 0 Å². The van der Waals surface area contributed by atoms with Crippen LogP contribution in [0.3, 0.4) is 0 Å². The molecule has 1 saturated heterocycles. The number of aromatic nitrogens is 2. The summed E-state index contributed by atoms with van der Waals surface area (Å²) in [7, 11) is 0. The Bertz CT molecular complexity index is 643. The van der Waals surface area contributed by atoms with Crippen LogP contribution in [0.25, 0.3) is 0 Å². The van der Waals surface area contributed by atoms with Crippen LogP contribution in [0.5, 0.6) is 0 Å². The van der Waals surface area contributed by atoms with Gasteiger partial charge in [-0.25, -0.2) is 9.78 Å². The smallest absolute Gasteiger partial charge is 0.338 e. The van der Waals surface area contributed by atoms with Crippen molar-refractivity contribution in [3.05, 3.63) is 17.7 Å². The first-order valence-corrected chi connectivity index (χ1v) is 6.64. The van der Waals surface area contributed by atoms with E-state index < -0.39 is 53.7 Å². The van der Waals surface area contributed by atoms with Gasteiger partial charge in [0, 0.05) is 0 Å². The Morgan fingerprint density at radius 3 is 2.48 bits per heavy atom. The fraction of sp³-hybridized carbons (Fsp3) is 0.500. The second kappa shape index (κ2) is 6.32. The van der Waals surface area contributed by atoms with Gasteiger partial charge in [0.25, 0.3) is 11.8 Å². The number of primary amides is 2. The topological polar surface area (TPSA) is 180 Å². The highest BCUT2D eigenvalue weighted by atomic mass is 16.6. The summed E-state index contributed by atoms with van der Waals surface area (Å²) in [4.78, 5) is 38.2. The number of nitrogens with zero attached hydrogens (tertiary/aromatic N) is 2. The van der Waals surface area contributed by atoms with Gasteiger partial charge in [0.05, 0.1) is 12.9 Å². The van der Waals surface area contributed by atoms with Gasteiger partial charge >= 0.3 is 5.97 Å². The highest BCUT2D eigenvalue weighted by Crippen LogP contribution is 2.31. The van der Waals surface area contributed by atoms with Gasteiger partial charge in [-0.2, -0.15) is 0 Å². The Balaban J connectivity index is 2.38. The summed E-state index contributed by atoms with van der Waals surface area (Å²) in [6, 6.07) is 0. The first-order chi connectivity index (χ1) is 10.8. The van der Waals surface area contributed by atoms with Gasteiger partial charge in [0.15, 0.2) is 18.0 Å². The minimum absolute atomic E-state index is 0.0512. The van der Waals surface area contributed by atoms with E-state index in [2.05, 4.69) is 4.98 Å². The van der Waals surface area contributed by atoms with E-state index in [-0.39, 0.29) is 6.61 Å². The lowest BCUT2D eigenvalue weighted by Crippen LogP contribution is -2.37. The zero-order valence-corrected chi connectivity index (χ0v) is 12.1. The van der Waals surface area contributed by atoms with Crippen molar-refractivity contribution in [3.63, 3.8) is 0 Å². The van der Waals surface area contributed by atoms with Crippen molar-refractivity contribution in [1.29, 1.82) is 0 Å². The molecular formula is C12H16N4O7. The van der Waals surface area contributed by atoms with Crippen LogP contribution in [0.1, 0.15) is 34.1 Å². The van der Waals surface area contributed by atoms with Crippen LogP contribution < -0.4 is 11.5 Å². The molecule has 0 aromatic carbocycles. The van der Waals surface area contributed by atoms with Crippen LogP contribution in [-0.2, 0) is 14.3 Å². The van der Waals surface area contributed by atoms with Crippen molar-refractivity contribution >= 4 is 17.8 Å². The summed E-state index contributed by atoms with van der Waals surface area (Å²) in [6.07, 6.45) is -5.02. The van der Waals surface area contributed by atoms with Crippen molar-refractivity contribution in [3.8, 4) is 0 Å². The molecule has 126 valence electrons. The van der Waals surface area contributed by atoms with E-state index >= 15 is 0 Å². The number of nitrogens with two attached hydrogens (primary N) is 2. The van der Waals surface area contributed by atoms with Gasteiger partial charge in [-0.3, -0.25) is 14.2 Å². The van der Waals surface area contributed by atoms with E-state index in [1.807, 2.05) is 0 Å². The van der Waals surface area contributed by atoms with Crippen molar-refractivity contribution < 1.29 is 34.1 Å². The molecular weight excluding hydrogens is 312 g/mol. The predicted molar refractivity (Wildman–Crippen MR) is 71.8 cm³/mol. The molecule has 0 spiro atoms. The maximum absolute atomic E-state index is 11.7. The number of hydrogen-bond donors (Lipinski definition) is 4. The minimum atomic E-state index is -1.60. The van der Waals surface area contributed by atoms with Crippen LogP contribution in [0.2, 0.25) is 0 Å². The number of aliphatic hydroxyl groups excluding tert-OH is 2. The number of aliphatic hydroxyl groups is 2. The molecule has 6 N–H and O–H groups in total. The third-order valence-electron chi connectivity index (χ3n) is 3.29. The fourth-order valence-corrected chi connectivity index (χ4v) is 2.29. The van der Waals surface area contributed by atoms with Crippen LogP contribution in [-0.4, -0.2) is 62.5 Å². The zero-order valence-electron chi connectivity index (χ0n) is 12.1. The number of amides is 2. The van der Waals surface area contributed by atoms with E-state index in [9.17, 15) is 24.6 Å². The molecule has 0 bridgehead atoms. The van der Waals surface area contributed by atoms with Crippen molar-refractivity contribution in [2.45, 2.75) is 31.5 Å². The number of imidazole rings is 1. The molecule has 4 atom stereocenters. The summed E-state index contributed by atoms with van der Waals surface area (Å²) < 4.78 is 10.9. The lowest BCUT2D eigenvalue weighted by molar-refractivity contribution is -0.161. The Kier molecular flexibility index (Phi) is 4.63. The van der Waals surface area contributed by atoms with E-state index in [1.165, 1.54) is 0 Å². The maximum Gasteiger partial charge on any atom is 0.338 e. The number of carbonyl (C=O) groups excluding carboxylic acids is 3. The van der Waals surface area contributed by atoms with Crippen molar-refractivity contribution in [2.75, 3.05) is 6.61 Å². The van der Waals surface area contributed by atoms with E-state index in [0.717, 1.165) is 10.9 Å². The quantitative estimate of drug-likeness (QED) is 0.420. The summed E-state index contributed by atoms with van der Waals surface area (Å²) in [5.41, 5.74) is 9.46. The van der Waals surface area contributed by atoms with Gasteiger partial charge in [0.1, 0.15) is 17.9 Å². The molecule has 23 heavy (non-hydrogen) atoms. The molecule has 1 aliphatic rings. The molecule has 1 aromatic rings. The van der Waals surface area contributed by atoms with Crippen molar-refractivity contribution in [2.24, 2.45) is 11.5 Å². The number of esters is 1. The van der Waals surface area contributed by atoms with Gasteiger partial charge in [-0.15, -0.1) is 0 Å². The third-order valence-corrected chi connectivity index (χ3v) is 3.29. The summed E-state index contributed by atoms with van der Waals surface area (Å²) in [6.45, 7) is 1.61.